The molecule has 0 radical (unpaired) electrons. The number of carbonyl (C=O) groups is 1. The normalized spacial score (nSPS) is 10.3. The van der Waals surface area contributed by atoms with Crippen molar-refractivity contribution in [2.24, 2.45) is 0 Å². The van der Waals surface area contributed by atoms with Gasteiger partial charge in [-0.05, 0) is 19.1 Å². The number of nitrogens with one attached hydrogen (secondary N) is 1. The van der Waals surface area contributed by atoms with Gasteiger partial charge in [0.25, 0.3) is 5.56 Å². The lowest BCUT2D eigenvalue weighted by molar-refractivity contribution is 0.0694. The van der Waals surface area contributed by atoms with Crippen molar-refractivity contribution < 1.29 is 14.6 Å². The molecule has 0 bridgehead atoms. The van der Waals surface area contributed by atoms with Crippen LogP contribution in [0.25, 0.3) is 5.69 Å². The van der Waals surface area contributed by atoms with Crippen molar-refractivity contribution in [2.45, 2.75) is 6.92 Å². The molecule has 0 fully saturated rings. The third-order valence-corrected chi connectivity index (χ3v) is 2.61. The van der Waals surface area contributed by atoms with Gasteiger partial charge in [0.05, 0.1) is 7.11 Å². The monoisotopic (exact) mass is 248 g/mol. The largest absolute Gasteiger partial charge is 0.494 e. The molecule has 0 saturated carbocycles. The third kappa shape index (κ3) is 1.77. The number of carboxylic acids is 1. The van der Waals surface area contributed by atoms with E-state index in [2.05, 4.69) is 5.10 Å². The van der Waals surface area contributed by atoms with Crippen molar-refractivity contribution >= 4 is 5.97 Å². The second-order valence-electron chi connectivity index (χ2n) is 3.73. The van der Waals surface area contributed by atoms with Crippen LogP contribution >= 0.6 is 0 Å². The summed E-state index contributed by atoms with van der Waals surface area (Å²) in [7, 11) is 1.48. The topological polar surface area (TPSA) is 84.3 Å². The second kappa shape index (κ2) is 4.40. The van der Waals surface area contributed by atoms with Gasteiger partial charge in [-0.3, -0.25) is 9.89 Å². The molecule has 1 aromatic heterocycles. The van der Waals surface area contributed by atoms with Gasteiger partial charge in [-0.2, -0.15) is 0 Å². The molecule has 2 aromatic rings. The summed E-state index contributed by atoms with van der Waals surface area (Å²) in [5.74, 6) is -0.764. The Balaban J connectivity index is 2.70. The number of aromatic nitrogens is 2. The molecule has 0 saturated heterocycles. The Hall–Kier alpha value is -2.50. The van der Waals surface area contributed by atoms with E-state index in [-0.39, 0.29) is 5.56 Å². The Morgan fingerprint density at radius 2 is 2.06 bits per heavy atom. The van der Waals surface area contributed by atoms with Crippen LogP contribution < -0.4 is 10.3 Å². The van der Waals surface area contributed by atoms with Crippen LogP contribution in [0.15, 0.2) is 29.1 Å². The number of aryl methyl sites for hydroxylation is 1. The number of H-pyrrole nitrogens is 1. The van der Waals surface area contributed by atoms with Crippen LogP contribution in [0.5, 0.6) is 5.75 Å². The number of rotatable bonds is 3. The van der Waals surface area contributed by atoms with Crippen LogP contribution in [0.2, 0.25) is 0 Å². The summed E-state index contributed by atoms with van der Waals surface area (Å²) in [4.78, 5) is 23.0. The fourth-order valence-electron chi connectivity index (χ4n) is 1.78. The Morgan fingerprint density at radius 1 is 1.39 bits per heavy atom. The standard InChI is InChI=1S/C12H12N2O4/c1-7-10(12(16)17)11(15)14(13-7)8-5-3-4-6-9(8)18-2/h3-6,13H,1-2H3,(H,16,17). The molecule has 6 heteroatoms. The summed E-state index contributed by atoms with van der Waals surface area (Å²) in [5.41, 5.74) is -0.0931. The van der Waals surface area contributed by atoms with Crippen molar-refractivity contribution in [3.63, 3.8) is 0 Å². The highest BCUT2D eigenvalue weighted by atomic mass is 16.5. The van der Waals surface area contributed by atoms with Crippen LogP contribution in [0.1, 0.15) is 16.1 Å². The number of hydrogen-bond donors (Lipinski definition) is 2. The molecule has 1 aromatic carbocycles. The molecule has 0 atom stereocenters. The zero-order valence-corrected chi connectivity index (χ0v) is 9.93. The number of methoxy groups -OCH3 is 1. The minimum Gasteiger partial charge on any atom is -0.494 e. The van der Waals surface area contributed by atoms with Gasteiger partial charge in [-0.15, -0.1) is 0 Å². The van der Waals surface area contributed by atoms with E-state index in [1.165, 1.54) is 14.0 Å². The number of carboxylic acid groups (broad SMARTS) is 1. The SMILES string of the molecule is COc1ccccc1-n1[nH]c(C)c(C(=O)O)c1=O. The molecule has 0 aliphatic heterocycles. The lowest BCUT2D eigenvalue weighted by Crippen LogP contribution is -2.20. The summed E-state index contributed by atoms with van der Waals surface area (Å²) in [6, 6.07) is 6.86. The molecule has 0 aliphatic rings. The van der Waals surface area contributed by atoms with E-state index in [1.807, 2.05) is 0 Å². The van der Waals surface area contributed by atoms with Crippen LogP contribution in [0.4, 0.5) is 0 Å². The maximum absolute atomic E-state index is 12.0. The van der Waals surface area contributed by atoms with E-state index < -0.39 is 11.5 Å². The first-order valence-corrected chi connectivity index (χ1v) is 5.24. The summed E-state index contributed by atoms with van der Waals surface area (Å²) >= 11 is 0. The number of nitrogens with zero attached hydrogens (tertiary/aromatic N) is 1. The Labute approximate surface area is 102 Å². The Morgan fingerprint density at radius 3 is 2.61 bits per heavy atom. The average Bonchev–Trinajstić information content (AvgIpc) is 2.64. The van der Waals surface area contributed by atoms with Gasteiger partial charge in [-0.1, -0.05) is 12.1 Å². The lowest BCUT2D eigenvalue weighted by Gasteiger charge is -2.07. The van der Waals surface area contributed by atoms with Gasteiger partial charge in [-0.25, -0.2) is 9.48 Å². The zero-order valence-electron chi connectivity index (χ0n) is 9.93. The van der Waals surface area contributed by atoms with E-state index in [1.54, 1.807) is 24.3 Å². The fourth-order valence-corrected chi connectivity index (χ4v) is 1.78. The number of benzene rings is 1. The number of ether oxygens (including phenoxy) is 1. The summed E-state index contributed by atoms with van der Waals surface area (Å²) in [5, 5.41) is 11.7. The number of hydrogen-bond acceptors (Lipinski definition) is 3. The number of aromatic carboxylic acids is 1. The van der Waals surface area contributed by atoms with E-state index in [0.717, 1.165) is 4.68 Å². The van der Waals surface area contributed by atoms with E-state index >= 15 is 0 Å². The molecule has 2 N–H and O–H groups in total. The first kappa shape index (κ1) is 12.0. The van der Waals surface area contributed by atoms with E-state index in [9.17, 15) is 9.59 Å². The highest BCUT2D eigenvalue weighted by Crippen LogP contribution is 2.20. The Kier molecular flexibility index (Phi) is 2.93. The predicted molar refractivity (Wildman–Crippen MR) is 64.6 cm³/mol. The molecule has 2 rings (SSSR count). The molecule has 0 unspecified atom stereocenters. The predicted octanol–water partition coefficient (Wildman–Crippen LogP) is 1.18. The minimum atomic E-state index is -1.25. The third-order valence-electron chi connectivity index (χ3n) is 2.61. The van der Waals surface area contributed by atoms with Gasteiger partial charge in [0.15, 0.2) is 0 Å². The van der Waals surface area contributed by atoms with Crippen LogP contribution in [-0.4, -0.2) is 28.0 Å². The fraction of sp³-hybridized carbons (Fsp3) is 0.167. The van der Waals surface area contributed by atoms with Gasteiger partial charge in [0.2, 0.25) is 0 Å². The summed E-state index contributed by atoms with van der Waals surface area (Å²) in [6.45, 7) is 1.54. The van der Waals surface area contributed by atoms with Gasteiger partial charge in [0, 0.05) is 5.69 Å². The van der Waals surface area contributed by atoms with E-state index in [4.69, 9.17) is 9.84 Å². The molecule has 94 valence electrons. The Bertz CT molecular complexity index is 654. The first-order chi connectivity index (χ1) is 8.56. The number of aromatic amines is 1. The molecule has 1 heterocycles. The van der Waals surface area contributed by atoms with Crippen molar-refractivity contribution in [3.8, 4) is 11.4 Å². The zero-order chi connectivity index (χ0) is 13.3. The van der Waals surface area contributed by atoms with Crippen molar-refractivity contribution in [2.75, 3.05) is 7.11 Å². The van der Waals surface area contributed by atoms with Crippen molar-refractivity contribution in [1.82, 2.24) is 9.78 Å². The number of para-hydroxylation sites is 2. The van der Waals surface area contributed by atoms with Gasteiger partial charge < -0.3 is 9.84 Å². The van der Waals surface area contributed by atoms with Crippen LogP contribution in [0, 0.1) is 6.92 Å². The smallest absolute Gasteiger partial charge is 0.343 e. The van der Waals surface area contributed by atoms with Crippen LogP contribution in [0.3, 0.4) is 0 Å². The lowest BCUT2D eigenvalue weighted by atomic mass is 10.2. The molecular formula is C12H12N2O4. The second-order valence-corrected chi connectivity index (χ2v) is 3.73. The summed E-state index contributed by atoms with van der Waals surface area (Å²) in [6.07, 6.45) is 0. The quantitative estimate of drug-likeness (QED) is 0.854. The van der Waals surface area contributed by atoms with E-state index in [0.29, 0.717) is 17.1 Å². The highest BCUT2D eigenvalue weighted by molar-refractivity contribution is 5.88. The van der Waals surface area contributed by atoms with Crippen molar-refractivity contribution in [1.29, 1.82) is 0 Å². The molecular weight excluding hydrogens is 236 g/mol. The molecule has 18 heavy (non-hydrogen) atoms. The maximum Gasteiger partial charge on any atom is 0.343 e. The maximum atomic E-state index is 12.0. The molecule has 0 aliphatic carbocycles. The molecule has 0 spiro atoms. The van der Waals surface area contributed by atoms with Gasteiger partial charge in [0.1, 0.15) is 17.0 Å². The van der Waals surface area contributed by atoms with Crippen molar-refractivity contribution in [3.05, 3.63) is 45.9 Å². The summed E-state index contributed by atoms with van der Waals surface area (Å²) < 4.78 is 6.30. The van der Waals surface area contributed by atoms with Crippen LogP contribution in [-0.2, 0) is 0 Å². The average molecular weight is 248 g/mol. The van der Waals surface area contributed by atoms with Gasteiger partial charge >= 0.3 is 5.97 Å². The highest BCUT2D eigenvalue weighted by Gasteiger charge is 2.19. The first-order valence-electron chi connectivity index (χ1n) is 5.24. The minimum absolute atomic E-state index is 0.263. The molecule has 6 nitrogen and oxygen atoms in total. The molecule has 0 amide bonds.